The van der Waals surface area contributed by atoms with Crippen LogP contribution in [-0.4, -0.2) is 92.9 Å². The third-order valence-electron chi connectivity index (χ3n) is 4.93. The van der Waals surface area contributed by atoms with Gasteiger partial charge in [0, 0.05) is 6.61 Å². The van der Waals surface area contributed by atoms with Crippen LogP contribution in [0, 0.1) is 11.8 Å². The van der Waals surface area contributed by atoms with Crippen LogP contribution in [0.5, 0.6) is 0 Å². The minimum absolute atomic E-state index is 0. The van der Waals surface area contributed by atoms with Gasteiger partial charge in [0.1, 0.15) is 0 Å². The zero-order chi connectivity index (χ0) is 19.7. The Morgan fingerprint density at radius 3 is 1.85 bits per heavy atom. The molecule has 0 aromatic rings. The van der Waals surface area contributed by atoms with Crippen molar-refractivity contribution in [3.63, 3.8) is 0 Å². The van der Waals surface area contributed by atoms with Crippen molar-refractivity contribution in [1.29, 1.82) is 0 Å². The second-order valence-electron chi connectivity index (χ2n) is 7.44. The highest BCUT2D eigenvalue weighted by molar-refractivity contribution is 7.85. The van der Waals surface area contributed by atoms with Crippen molar-refractivity contribution in [3.8, 4) is 0 Å². The average Bonchev–Trinajstić information content (AvgIpc) is 2.60. The quantitative estimate of drug-likeness (QED) is 0.423. The van der Waals surface area contributed by atoms with Gasteiger partial charge in [-0.1, -0.05) is 7.43 Å². The predicted molar refractivity (Wildman–Crippen MR) is 111 cm³/mol. The number of aliphatic hydroxyl groups is 1. The Hall–Kier alpha value is -0.160. The van der Waals surface area contributed by atoms with Crippen LogP contribution >= 0.6 is 0 Å². The van der Waals surface area contributed by atoms with Gasteiger partial charge in [0.05, 0.1) is 12.9 Å². The molecular weight excluding hydrogens is 370 g/mol. The second kappa shape index (κ2) is 13.1. The van der Waals surface area contributed by atoms with Gasteiger partial charge in [-0.3, -0.25) is 4.18 Å². The third-order valence-corrected chi connectivity index (χ3v) is 5.50. The van der Waals surface area contributed by atoms with E-state index >= 15 is 0 Å². The molecular formula is C16H38B2N2O6S. The summed E-state index contributed by atoms with van der Waals surface area (Å²) in [6, 6.07) is 0. The fraction of sp³-hybridized carbons (Fsp3) is 1.00. The van der Waals surface area contributed by atoms with E-state index in [-0.39, 0.29) is 33.6 Å². The fourth-order valence-corrected chi connectivity index (χ4v) is 3.82. The van der Waals surface area contributed by atoms with E-state index in [0.717, 1.165) is 51.6 Å². The van der Waals surface area contributed by atoms with Gasteiger partial charge < -0.3 is 24.8 Å². The maximum absolute atomic E-state index is 10.8. The van der Waals surface area contributed by atoms with Crippen molar-refractivity contribution in [2.45, 2.75) is 46.8 Å². The molecule has 0 spiro atoms. The van der Waals surface area contributed by atoms with Gasteiger partial charge in [-0.2, -0.15) is 8.42 Å². The van der Waals surface area contributed by atoms with E-state index in [1.807, 2.05) is 9.62 Å². The van der Waals surface area contributed by atoms with Gasteiger partial charge in [-0.15, -0.1) is 0 Å². The highest BCUT2D eigenvalue weighted by Gasteiger charge is 2.26. The molecule has 2 saturated heterocycles. The Bertz CT molecular complexity index is 495. The maximum Gasteiger partial charge on any atom is 0.376 e. The van der Waals surface area contributed by atoms with E-state index in [4.69, 9.17) is 9.29 Å². The van der Waals surface area contributed by atoms with Crippen molar-refractivity contribution in [2.24, 2.45) is 11.8 Å². The number of hydrogen-bond acceptors (Lipinski definition) is 8. The molecule has 0 aliphatic carbocycles. The third kappa shape index (κ3) is 11.4. The van der Waals surface area contributed by atoms with Crippen LogP contribution in [0.15, 0.2) is 0 Å². The van der Waals surface area contributed by atoms with Crippen molar-refractivity contribution in [3.05, 3.63) is 0 Å². The standard InChI is InChI=1S/C8H18BNO4S.C7H16BNO2.CH4/c1-9(11)10-5-3-4-8(6-10)7-14-15(2,12)13;1-8(11)9-4-2-3-7(5-9)6-10;/h8,11H,3-7H2,1-2H3;7,10-11H,2-6H2,1H3;1H4/t8-;7-;/m11./s1. The van der Waals surface area contributed by atoms with Crippen LogP contribution in [0.25, 0.3) is 0 Å². The summed E-state index contributed by atoms with van der Waals surface area (Å²) >= 11 is 0. The number of aliphatic hydroxyl groups excluding tert-OH is 1. The van der Waals surface area contributed by atoms with Crippen molar-refractivity contribution in [1.82, 2.24) is 9.62 Å². The Labute approximate surface area is 166 Å². The minimum Gasteiger partial charge on any atom is -0.437 e. The summed E-state index contributed by atoms with van der Waals surface area (Å²) in [5, 5.41) is 27.5. The lowest BCUT2D eigenvalue weighted by molar-refractivity contribution is 0.156. The molecule has 2 rings (SSSR count). The molecule has 2 heterocycles. The number of nitrogens with zero attached hydrogens (tertiary/aromatic N) is 2. The lowest BCUT2D eigenvalue weighted by Gasteiger charge is -2.32. The summed E-state index contributed by atoms with van der Waals surface area (Å²) in [5.41, 5.74) is 0. The molecule has 27 heavy (non-hydrogen) atoms. The smallest absolute Gasteiger partial charge is 0.376 e. The van der Waals surface area contributed by atoms with Gasteiger partial charge in [0.2, 0.25) is 0 Å². The molecule has 8 nitrogen and oxygen atoms in total. The first-order chi connectivity index (χ1) is 12.1. The molecule has 0 aromatic heterocycles. The Morgan fingerprint density at radius 2 is 1.44 bits per heavy atom. The molecule has 11 heteroatoms. The van der Waals surface area contributed by atoms with Crippen LogP contribution < -0.4 is 0 Å². The number of hydrogen-bond donors (Lipinski definition) is 3. The first-order valence-electron chi connectivity index (χ1n) is 9.42. The molecule has 2 aliphatic heterocycles. The highest BCUT2D eigenvalue weighted by Crippen LogP contribution is 2.18. The van der Waals surface area contributed by atoms with Crippen molar-refractivity contribution < 1.29 is 27.8 Å². The van der Waals surface area contributed by atoms with Gasteiger partial charge >= 0.3 is 14.1 Å². The molecule has 2 atom stereocenters. The van der Waals surface area contributed by atoms with Gasteiger partial charge in [-0.25, -0.2) is 0 Å². The molecule has 0 unspecified atom stereocenters. The summed E-state index contributed by atoms with van der Waals surface area (Å²) < 4.78 is 26.4. The minimum atomic E-state index is -3.34. The summed E-state index contributed by atoms with van der Waals surface area (Å²) in [4.78, 5) is 3.93. The van der Waals surface area contributed by atoms with Crippen molar-refractivity contribution >= 4 is 24.2 Å². The topological polar surface area (TPSA) is 111 Å². The Kier molecular flexibility index (Phi) is 13.1. The summed E-state index contributed by atoms with van der Waals surface area (Å²) in [7, 11) is -4.17. The Morgan fingerprint density at radius 1 is 1.00 bits per heavy atom. The first kappa shape index (κ1) is 26.8. The van der Waals surface area contributed by atoms with E-state index < -0.39 is 17.2 Å². The molecule has 0 aromatic carbocycles. The van der Waals surface area contributed by atoms with Gasteiger partial charge in [0.15, 0.2) is 0 Å². The molecule has 0 saturated carbocycles. The SMILES string of the molecule is C.CB(O)N1CCC[C@@H](CO)C1.CB(O)N1CCC[C@@H](COS(C)(=O)=O)C1. The molecule has 2 aliphatic rings. The van der Waals surface area contributed by atoms with Crippen LogP contribution in [0.3, 0.4) is 0 Å². The molecule has 2 fully saturated rings. The van der Waals surface area contributed by atoms with Crippen LogP contribution in [0.4, 0.5) is 0 Å². The zero-order valence-corrected chi connectivity index (χ0v) is 17.1. The lowest BCUT2D eigenvalue weighted by Crippen LogP contribution is -2.45. The van der Waals surface area contributed by atoms with E-state index in [1.54, 1.807) is 13.6 Å². The monoisotopic (exact) mass is 408 g/mol. The van der Waals surface area contributed by atoms with Crippen LogP contribution in [-0.2, 0) is 14.3 Å². The van der Waals surface area contributed by atoms with E-state index in [0.29, 0.717) is 12.5 Å². The van der Waals surface area contributed by atoms with E-state index in [9.17, 15) is 18.5 Å². The number of piperidine rings is 2. The van der Waals surface area contributed by atoms with E-state index in [1.165, 1.54) is 0 Å². The molecule has 160 valence electrons. The van der Waals surface area contributed by atoms with Crippen LogP contribution in [0.2, 0.25) is 13.6 Å². The summed E-state index contributed by atoms with van der Waals surface area (Å²) in [5.74, 6) is 0.571. The summed E-state index contributed by atoms with van der Waals surface area (Å²) in [6.07, 6.45) is 5.18. The Balaban J connectivity index is 0.000000504. The van der Waals surface area contributed by atoms with Crippen LogP contribution in [0.1, 0.15) is 33.1 Å². The summed E-state index contributed by atoms with van der Waals surface area (Å²) in [6.45, 7) is 7.35. The molecule has 0 bridgehead atoms. The average molecular weight is 408 g/mol. The first-order valence-corrected chi connectivity index (χ1v) is 11.2. The van der Waals surface area contributed by atoms with Gasteiger partial charge in [0.25, 0.3) is 10.1 Å². The van der Waals surface area contributed by atoms with Crippen molar-refractivity contribution in [2.75, 3.05) is 45.6 Å². The second-order valence-corrected chi connectivity index (χ2v) is 9.09. The molecule has 0 amide bonds. The number of rotatable bonds is 6. The van der Waals surface area contributed by atoms with Gasteiger partial charge in [-0.05, 0) is 77.3 Å². The largest absolute Gasteiger partial charge is 0.437 e. The lowest BCUT2D eigenvalue weighted by atomic mass is 9.81. The molecule has 3 N–H and O–H groups in total. The van der Waals surface area contributed by atoms with E-state index in [2.05, 4.69) is 0 Å². The molecule has 0 radical (unpaired) electrons. The maximum atomic E-state index is 10.8. The highest BCUT2D eigenvalue weighted by atomic mass is 32.2. The normalized spacial score (nSPS) is 24.4. The fourth-order valence-electron chi connectivity index (χ4n) is 3.38. The predicted octanol–water partition coefficient (Wildman–Crippen LogP) is 0.222. The zero-order valence-electron chi connectivity index (χ0n) is 16.2.